The molecule has 0 amide bonds. The van der Waals surface area contributed by atoms with E-state index in [1.54, 1.807) is 6.07 Å². The molecule has 2 N–H and O–H groups in total. The molecule has 3 nitrogen and oxygen atoms in total. The molecular formula is C11H10O3. The van der Waals surface area contributed by atoms with Gasteiger partial charge in [-0.25, -0.2) is 4.79 Å². The van der Waals surface area contributed by atoms with Crippen molar-refractivity contribution in [2.75, 3.05) is 0 Å². The molecule has 3 heteroatoms. The van der Waals surface area contributed by atoms with E-state index in [9.17, 15) is 9.90 Å². The Labute approximate surface area is 82.0 Å². The fourth-order valence-electron chi connectivity index (χ4n) is 0.976. The second-order valence-electron chi connectivity index (χ2n) is 2.69. The topological polar surface area (TPSA) is 57.5 Å². The fraction of sp³-hybridized carbons (Fsp3) is 0.182. The molecule has 0 saturated carbocycles. The second kappa shape index (κ2) is 4.33. The summed E-state index contributed by atoms with van der Waals surface area (Å²) >= 11 is 0. The largest absolute Gasteiger partial charge is 0.507 e. The quantitative estimate of drug-likeness (QED) is 0.664. The number of carboxylic acids is 1. The van der Waals surface area contributed by atoms with Crippen LogP contribution in [0.5, 0.6) is 5.75 Å². The molecule has 0 spiro atoms. The van der Waals surface area contributed by atoms with Crippen LogP contribution in [0.2, 0.25) is 0 Å². The van der Waals surface area contributed by atoms with Crippen LogP contribution in [0.25, 0.3) is 0 Å². The minimum atomic E-state index is -1.15. The number of rotatable bonds is 1. The Morgan fingerprint density at radius 2 is 2.21 bits per heavy atom. The SMILES string of the molecule is CCC#Cc1ccc(O)c(C(=O)O)c1. The average molecular weight is 190 g/mol. The van der Waals surface area contributed by atoms with Gasteiger partial charge < -0.3 is 10.2 Å². The fourth-order valence-corrected chi connectivity index (χ4v) is 0.976. The van der Waals surface area contributed by atoms with E-state index in [0.29, 0.717) is 12.0 Å². The number of benzene rings is 1. The Bertz CT molecular complexity index is 410. The van der Waals surface area contributed by atoms with Crippen molar-refractivity contribution < 1.29 is 15.0 Å². The van der Waals surface area contributed by atoms with Crippen LogP contribution >= 0.6 is 0 Å². The van der Waals surface area contributed by atoms with Crippen molar-refractivity contribution in [3.63, 3.8) is 0 Å². The van der Waals surface area contributed by atoms with Crippen LogP contribution in [0.15, 0.2) is 18.2 Å². The lowest BCUT2D eigenvalue weighted by molar-refractivity contribution is 0.0693. The third kappa shape index (κ3) is 2.27. The minimum absolute atomic E-state index is 0.118. The van der Waals surface area contributed by atoms with Crippen molar-refractivity contribution in [2.45, 2.75) is 13.3 Å². The summed E-state index contributed by atoms with van der Waals surface area (Å²) < 4.78 is 0. The molecule has 0 atom stereocenters. The summed E-state index contributed by atoms with van der Waals surface area (Å²) in [6.07, 6.45) is 0.712. The van der Waals surface area contributed by atoms with Gasteiger partial charge in [0, 0.05) is 12.0 Å². The van der Waals surface area contributed by atoms with Gasteiger partial charge in [-0.2, -0.15) is 0 Å². The zero-order valence-electron chi connectivity index (χ0n) is 7.74. The van der Waals surface area contributed by atoms with Gasteiger partial charge in [0.15, 0.2) is 0 Å². The molecule has 14 heavy (non-hydrogen) atoms. The van der Waals surface area contributed by atoms with Gasteiger partial charge in [0.2, 0.25) is 0 Å². The highest BCUT2D eigenvalue weighted by molar-refractivity contribution is 5.91. The van der Waals surface area contributed by atoms with E-state index in [0.717, 1.165) is 0 Å². The van der Waals surface area contributed by atoms with Gasteiger partial charge in [0.05, 0.1) is 0 Å². The third-order valence-electron chi connectivity index (χ3n) is 1.64. The molecule has 1 aromatic carbocycles. The summed E-state index contributed by atoms with van der Waals surface area (Å²) in [7, 11) is 0. The van der Waals surface area contributed by atoms with Gasteiger partial charge in [0.25, 0.3) is 0 Å². The predicted molar refractivity (Wildman–Crippen MR) is 52.2 cm³/mol. The Morgan fingerprint density at radius 3 is 2.79 bits per heavy atom. The molecule has 0 unspecified atom stereocenters. The Hall–Kier alpha value is -1.95. The molecule has 0 fully saturated rings. The maximum absolute atomic E-state index is 10.6. The standard InChI is InChI=1S/C11H10O3/c1-2-3-4-8-5-6-10(12)9(7-8)11(13)14/h5-7,12H,2H2,1H3,(H,13,14). The highest BCUT2D eigenvalue weighted by Gasteiger charge is 2.08. The van der Waals surface area contributed by atoms with Gasteiger partial charge in [-0.1, -0.05) is 18.8 Å². The predicted octanol–water partition coefficient (Wildman–Crippen LogP) is 1.85. The summed E-state index contributed by atoms with van der Waals surface area (Å²) in [6.45, 7) is 1.91. The number of aromatic carboxylic acids is 1. The number of aromatic hydroxyl groups is 1. The van der Waals surface area contributed by atoms with Crippen LogP contribution in [0.1, 0.15) is 29.3 Å². The Morgan fingerprint density at radius 1 is 1.50 bits per heavy atom. The maximum atomic E-state index is 10.6. The highest BCUT2D eigenvalue weighted by atomic mass is 16.4. The van der Waals surface area contributed by atoms with Crippen molar-refractivity contribution in [1.82, 2.24) is 0 Å². The van der Waals surface area contributed by atoms with Crippen molar-refractivity contribution in [2.24, 2.45) is 0 Å². The second-order valence-corrected chi connectivity index (χ2v) is 2.69. The van der Waals surface area contributed by atoms with Gasteiger partial charge in [0.1, 0.15) is 11.3 Å². The zero-order valence-corrected chi connectivity index (χ0v) is 7.74. The number of hydrogen-bond donors (Lipinski definition) is 2. The molecule has 0 bridgehead atoms. The minimum Gasteiger partial charge on any atom is -0.507 e. The molecule has 1 rings (SSSR count). The first-order valence-electron chi connectivity index (χ1n) is 4.20. The van der Waals surface area contributed by atoms with Crippen LogP contribution in [0, 0.1) is 11.8 Å². The smallest absolute Gasteiger partial charge is 0.339 e. The summed E-state index contributed by atoms with van der Waals surface area (Å²) in [5.74, 6) is 4.23. The van der Waals surface area contributed by atoms with Gasteiger partial charge in [-0.3, -0.25) is 0 Å². The molecule has 0 radical (unpaired) electrons. The van der Waals surface area contributed by atoms with Crippen molar-refractivity contribution in [3.05, 3.63) is 29.3 Å². The van der Waals surface area contributed by atoms with Crippen LogP contribution in [0.3, 0.4) is 0 Å². The summed E-state index contributed by atoms with van der Waals surface area (Å²) in [5.41, 5.74) is 0.481. The zero-order chi connectivity index (χ0) is 10.6. The van der Waals surface area contributed by atoms with Gasteiger partial charge in [-0.15, -0.1) is 0 Å². The van der Waals surface area contributed by atoms with Gasteiger partial charge in [-0.05, 0) is 18.2 Å². The molecule has 72 valence electrons. The van der Waals surface area contributed by atoms with E-state index in [4.69, 9.17) is 5.11 Å². The van der Waals surface area contributed by atoms with E-state index < -0.39 is 5.97 Å². The van der Waals surface area contributed by atoms with E-state index in [2.05, 4.69) is 11.8 Å². The van der Waals surface area contributed by atoms with Crippen LogP contribution in [0.4, 0.5) is 0 Å². The molecule has 0 aromatic heterocycles. The summed E-state index contributed by atoms with van der Waals surface area (Å²) in [5, 5.41) is 17.9. The first kappa shape index (κ1) is 10.1. The maximum Gasteiger partial charge on any atom is 0.339 e. The molecule has 0 aliphatic rings. The molecule has 0 heterocycles. The Kier molecular flexibility index (Phi) is 3.14. The first-order valence-corrected chi connectivity index (χ1v) is 4.20. The average Bonchev–Trinajstić information content (AvgIpc) is 2.16. The third-order valence-corrected chi connectivity index (χ3v) is 1.64. The number of carboxylic acid groups (broad SMARTS) is 1. The van der Waals surface area contributed by atoms with Crippen LogP contribution in [-0.2, 0) is 0 Å². The lowest BCUT2D eigenvalue weighted by atomic mass is 10.1. The number of phenols is 1. The van der Waals surface area contributed by atoms with Crippen LogP contribution < -0.4 is 0 Å². The van der Waals surface area contributed by atoms with Crippen LogP contribution in [-0.4, -0.2) is 16.2 Å². The molecule has 0 saturated heterocycles. The van der Waals surface area contributed by atoms with E-state index in [-0.39, 0.29) is 11.3 Å². The van der Waals surface area contributed by atoms with Gasteiger partial charge >= 0.3 is 5.97 Å². The van der Waals surface area contributed by atoms with Crippen molar-refractivity contribution >= 4 is 5.97 Å². The highest BCUT2D eigenvalue weighted by Crippen LogP contribution is 2.17. The molecule has 0 aliphatic carbocycles. The van der Waals surface area contributed by atoms with Crippen molar-refractivity contribution in [1.29, 1.82) is 0 Å². The van der Waals surface area contributed by atoms with E-state index in [1.165, 1.54) is 12.1 Å². The first-order chi connectivity index (χ1) is 6.65. The lowest BCUT2D eigenvalue weighted by Crippen LogP contribution is -1.97. The number of carbonyl (C=O) groups is 1. The summed E-state index contributed by atoms with van der Waals surface area (Å²) in [4.78, 5) is 10.6. The summed E-state index contributed by atoms with van der Waals surface area (Å²) in [6, 6.07) is 4.29. The van der Waals surface area contributed by atoms with Crippen molar-refractivity contribution in [3.8, 4) is 17.6 Å². The molecule has 0 aliphatic heterocycles. The molecular weight excluding hydrogens is 180 g/mol. The normalized spacial score (nSPS) is 8.93. The van der Waals surface area contributed by atoms with E-state index in [1.807, 2.05) is 6.92 Å². The Balaban J connectivity index is 3.13. The number of hydrogen-bond acceptors (Lipinski definition) is 2. The monoisotopic (exact) mass is 190 g/mol. The lowest BCUT2D eigenvalue weighted by Gasteiger charge is -1.98. The van der Waals surface area contributed by atoms with E-state index >= 15 is 0 Å². The molecule has 1 aromatic rings.